The van der Waals surface area contributed by atoms with E-state index in [-0.39, 0.29) is 11.6 Å². The molecule has 0 saturated carbocycles. The minimum atomic E-state index is -0.439. The van der Waals surface area contributed by atoms with Crippen LogP contribution < -0.4 is 10.1 Å². The van der Waals surface area contributed by atoms with Gasteiger partial charge in [-0.2, -0.15) is 0 Å². The van der Waals surface area contributed by atoms with Gasteiger partial charge >= 0.3 is 0 Å². The quantitative estimate of drug-likeness (QED) is 0.770. The first-order valence-corrected chi connectivity index (χ1v) is 7.79. The van der Waals surface area contributed by atoms with Gasteiger partial charge in [-0.15, -0.1) is 0 Å². The van der Waals surface area contributed by atoms with Crippen LogP contribution in [0.5, 0.6) is 5.75 Å². The number of rotatable bonds is 5. The Labute approximate surface area is 145 Å². The summed E-state index contributed by atoms with van der Waals surface area (Å²) in [5, 5.41) is 2.98. The van der Waals surface area contributed by atoms with Gasteiger partial charge in [0.25, 0.3) is 5.91 Å². The summed E-state index contributed by atoms with van der Waals surface area (Å²) in [5.41, 5.74) is 1.87. The van der Waals surface area contributed by atoms with Crippen molar-refractivity contribution >= 4 is 5.91 Å². The molecule has 0 aliphatic heterocycles. The Morgan fingerprint density at radius 2 is 2.08 bits per heavy atom. The third-order valence-electron chi connectivity index (χ3n) is 3.83. The van der Waals surface area contributed by atoms with Gasteiger partial charge in [0.05, 0.1) is 19.0 Å². The number of benzene rings is 1. The first-order valence-electron chi connectivity index (χ1n) is 7.79. The number of hydrogen-bond acceptors (Lipinski definition) is 5. The zero-order valence-electron chi connectivity index (χ0n) is 14.3. The fraction of sp³-hybridized carbons (Fsp3) is 0.222. The SMILES string of the molecule is COc1cccc(C(NC(=O)c2cnc(C)cn2)c2nccn2C)c1. The van der Waals surface area contributed by atoms with Crippen molar-refractivity contribution in [1.82, 2.24) is 24.8 Å². The predicted octanol–water partition coefficient (Wildman–Crippen LogP) is 2.05. The third kappa shape index (κ3) is 3.65. The van der Waals surface area contributed by atoms with E-state index in [4.69, 9.17) is 4.74 Å². The Bertz CT molecular complexity index is 873. The number of carbonyl (C=O) groups excluding carboxylic acids is 1. The van der Waals surface area contributed by atoms with E-state index >= 15 is 0 Å². The average Bonchev–Trinajstić information content (AvgIpc) is 3.06. The smallest absolute Gasteiger partial charge is 0.272 e. The van der Waals surface area contributed by atoms with E-state index in [1.54, 1.807) is 19.5 Å². The van der Waals surface area contributed by atoms with E-state index in [0.717, 1.165) is 11.3 Å². The Balaban J connectivity index is 1.95. The van der Waals surface area contributed by atoms with Gasteiger partial charge in [0.2, 0.25) is 0 Å². The van der Waals surface area contributed by atoms with Crippen molar-refractivity contribution in [3.05, 3.63) is 71.8 Å². The summed E-state index contributed by atoms with van der Waals surface area (Å²) in [6, 6.07) is 7.09. The molecule has 0 saturated heterocycles. The van der Waals surface area contributed by atoms with Gasteiger partial charge in [0, 0.05) is 25.6 Å². The normalized spacial score (nSPS) is 11.8. The summed E-state index contributed by atoms with van der Waals surface area (Å²) in [6.07, 6.45) is 6.56. The molecule has 2 heterocycles. The van der Waals surface area contributed by atoms with Crippen molar-refractivity contribution in [2.45, 2.75) is 13.0 Å². The molecule has 2 aromatic heterocycles. The minimum Gasteiger partial charge on any atom is -0.497 e. The molecule has 0 bridgehead atoms. The fourth-order valence-corrected chi connectivity index (χ4v) is 2.49. The van der Waals surface area contributed by atoms with E-state index in [2.05, 4.69) is 20.3 Å². The topological polar surface area (TPSA) is 81.9 Å². The molecule has 0 radical (unpaired) electrons. The third-order valence-corrected chi connectivity index (χ3v) is 3.83. The van der Waals surface area contributed by atoms with E-state index in [9.17, 15) is 4.79 Å². The fourth-order valence-electron chi connectivity index (χ4n) is 2.49. The second kappa shape index (κ2) is 7.12. The molecule has 3 aromatic rings. The van der Waals surface area contributed by atoms with Gasteiger partial charge in [0.15, 0.2) is 0 Å². The standard InChI is InChI=1S/C18H19N5O2/c1-12-10-21-15(11-20-12)18(24)22-16(17-19-7-8-23(17)2)13-5-4-6-14(9-13)25-3/h4-11,16H,1-3H3,(H,22,24). The number of ether oxygens (including phenoxy) is 1. The summed E-state index contributed by atoms with van der Waals surface area (Å²) in [5.74, 6) is 1.10. The molecule has 1 aromatic carbocycles. The first-order chi connectivity index (χ1) is 12.1. The number of methoxy groups -OCH3 is 1. The lowest BCUT2D eigenvalue weighted by atomic mass is 10.1. The summed E-state index contributed by atoms with van der Waals surface area (Å²) in [6.45, 7) is 1.82. The number of imidazole rings is 1. The highest BCUT2D eigenvalue weighted by atomic mass is 16.5. The van der Waals surface area contributed by atoms with E-state index < -0.39 is 6.04 Å². The van der Waals surface area contributed by atoms with Crippen LogP contribution in [0.15, 0.2) is 49.1 Å². The van der Waals surface area contributed by atoms with Crippen molar-refractivity contribution < 1.29 is 9.53 Å². The Kier molecular flexibility index (Phi) is 4.74. The molecular weight excluding hydrogens is 318 g/mol. The molecular formula is C18H19N5O2. The molecule has 7 nitrogen and oxygen atoms in total. The highest BCUT2D eigenvalue weighted by Gasteiger charge is 2.22. The van der Waals surface area contributed by atoms with Crippen LogP contribution in [0.25, 0.3) is 0 Å². The maximum absolute atomic E-state index is 12.6. The Morgan fingerprint density at radius 1 is 1.24 bits per heavy atom. The van der Waals surface area contributed by atoms with Crippen LogP contribution in [0, 0.1) is 6.92 Å². The molecule has 7 heteroatoms. The zero-order valence-corrected chi connectivity index (χ0v) is 14.3. The first kappa shape index (κ1) is 16.6. The number of aryl methyl sites for hydroxylation is 2. The lowest BCUT2D eigenvalue weighted by molar-refractivity contribution is 0.0935. The van der Waals surface area contributed by atoms with Crippen molar-refractivity contribution in [3.8, 4) is 5.75 Å². The zero-order chi connectivity index (χ0) is 17.8. The highest BCUT2D eigenvalue weighted by Crippen LogP contribution is 2.24. The monoisotopic (exact) mass is 337 g/mol. The van der Waals surface area contributed by atoms with Crippen LogP contribution in [0.2, 0.25) is 0 Å². The molecule has 0 aliphatic rings. The van der Waals surface area contributed by atoms with Gasteiger partial charge in [-0.3, -0.25) is 9.78 Å². The molecule has 1 amide bonds. The van der Waals surface area contributed by atoms with Crippen molar-refractivity contribution in [3.63, 3.8) is 0 Å². The number of carbonyl (C=O) groups is 1. The maximum atomic E-state index is 12.6. The van der Waals surface area contributed by atoms with E-state index in [0.29, 0.717) is 11.6 Å². The summed E-state index contributed by atoms with van der Waals surface area (Å²) >= 11 is 0. The molecule has 0 spiro atoms. The van der Waals surface area contributed by atoms with Crippen LogP contribution in [-0.4, -0.2) is 32.5 Å². The largest absolute Gasteiger partial charge is 0.497 e. The molecule has 1 N–H and O–H groups in total. The van der Waals surface area contributed by atoms with Crippen LogP contribution in [0.4, 0.5) is 0 Å². The van der Waals surface area contributed by atoms with Gasteiger partial charge < -0.3 is 14.6 Å². The molecule has 1 atom stereocenters. The Hall–Kier alpha value is -3.22. The highest BCUT2D eigenvalue weighted by molar-refractivity contribution is 5.92. The maximum Gasteiger partial charge on any atom is 0.272 e. The van der Waals surface area contributed by atoms with Crippen LogP contribution in [-0.2, 0) is 7.05 Å². The second-order valence-corrected chi connectivity index (χ2v) is 5.62. The summed E-state index contributed by atoms with van der Waals surface area (Å²) in [4.78, 5) is 25.3. The number of amides is 1. The molecule has 25 heavy (non-hydrogen) atoms. The molecule has 3 rings (SSSR count). The predicted molar refractivity (Wildman–Crippen MR) is 92.3 cm³/mol. The van der Waals surface area contributed by atoms with Crippen molar-refractivity contribution in [2.24, 2.45) is 7.05 Å². The van der Waals surface area contributed by atoms with Gasteiger partial charge in [0.1, 0.15) is 23.3 Å². The summed E-state index contributed by atoms with van der Waals surface area (Å²) < 4.78 is 7.16. The van der Waals surface area contributed by atoms with Gasteiger partial charge in [-0.25, -0.2) is 9.97 Å². The van der Waals surface area contributed by atoms with E-state index in [1.165, 1.54) is 6.20 Å². The van der Waals surface area contributed by atoms with Gasteiger partial charge in [-0.05, 0) is 24.6 Å². The summed E-state index contributed by atoms with van der Waals surface area (Å²) in [7, 11) is 3.49. The second-order valence-electron chi connectivity index (χ2n) is 5.62. The number of nitrogens with zero attached hydrogens (tertiary/aromatic N) is 4. The van der Waals surface area contributed by atoms with Crippen molar-refractivity contribution in [2.75, 3.05) is 7.11 Å². The minimum absolute atomic E-state index is 0.257. The Morgan fingerprint density at radius 3 is 2.72 bits per heavy atom. The number of aromatic nitrogens is 4. The lowest BCUT2D eigenvalue weighted by Crippen LogP contribution is -2.31. The van der Waals surface area contributed by atoms with E-state index in [1.807, 2.05) is 49.0 Å². The molecule has 0 fully saturated rings. The number of hydrogen-bond donors (Lipinski definition) is 1. The average molecular weight is 337 g/mol. The number of nitrogens with one attached hydrogen (secondary N) is 1. The van der Waals surface area contributed by atoms with Crippen molar-refractivity contribution in [1.29, 1.82) is 0 Å². The van der Waals surface area contributed by atoms with Crippen LogP contribution >= 0.6 is 0 Å². The molecule has 128 valence electrons. The lowest BCUT2D eigenvalue weighted by Gasteiger charge is -2.19. The molecule has 0 aliphatic carbocycles. The molecule has 1 unspecified atom stereocenters. The van der Waals surface area contributed by atoms with Crippen LogP contribution in [0.3, 0.4) is 0 Å². The van der Waals surface area contributed by atoms with Gasteiger partial charge in [-0.1, -0.05) is 12.1 Å². The van der Waals surface area contributed by atoms with Crippen LogP contribution in [0.1, 0.15) is 33.6 Å².